The molecule has 29 heavy (non-hydrogen) atoms. The van der Waals surface area contributed by atoms with Crippen LogP contribution in [0.1, 0.15) is 41.5 Å². The molecule has 156 valence electrons. The van der Waals surface area contributed by atoms with Gasteiger partial charge in [-0.25, -0.2) is 0 Å². The molecular formula is C22H27NO6. The fraction of sp³-hybridized carbons (Fsp3) is 0.364. The zero-order valence-electron chi connectivity index (χ0n) is 17.0. The molecule has 0 fully saturated rings. The van der Waals surface area contributed by atoms with Crippen LogP contribution in [0.4, 0.5) is 0 Å². The monoisotopic (exact) mass is 401 g/mol. The maximum Gasteiger partial charge on any atom is 0.248 e. The van der Waals surface area contributed by atoms with Gasteiger partial charge in [0.2, 0.25) is 5.91 Å². The van der Waals surface area contributed by atoms with Gasteiger partial charge >= 0.3 is 0 Å². The highest BCUT2D eigenvalue weighted by atomic mass is 16.5. The molecule has 0 atom stereocenters. The Morgan fingerprint density at radius 3 is 2.21 bits per heavy atom. The quantitative estimate of drug-likeness (QED) is 0.431. The highest BCUT2D eigenvalue weighted by Crippen LogP contribution is 2.28. The molecular weight excluding hydrogens is 374 g/mol. The number of carbonyl (C=O) groups excluding carboxylic acids is 2. The van der Waals surface area contributed by atoms with Crippen LogP contribution < -0.4 is 15.2 Å². The third kappa shape index (κ3) is 7.56. The van der Waals surface area contributed by atoms with Crippen LogP contribution in [0.5, 0.6) is 17.2 Å². The first-order chi connectivity index (χ1) is 13.9. The van der Waals surface area contributed by atoms with Gasteiger partial charge < -0.3 is 24.7 Å². The van der Waals surface area contributed by atoms with Crippen molar-refractivity contribution in [3.05, 3.63) is 53.6 Å². The number of primary amides is 1. The third-order valence-electron chi connectivity index (χ3n) is 3.87. The molecule has 0 aliphatic heterocycles. The lowest BCUT2D eigenvalue weighted by Crippen LogP contribution is -2.13. The number of ketones is 1. The standard InChI is InChI=1S/C22H27NO6/c1-15(2)27-12-10-26-11-13-28-18-5-7-19(8-6-18)29-21-14-17(22(23)25)4-9-20(21)16(3)24/h4-9,14-15H,10-13H2,1-3H3,(H2,23,25). The van der Waals surface area contributed by atoms with Crippen molar-refractivity contribution in [2.75, 3.05) is 26.4 Å². The maximum atomic E-state index is 11.8. The van der Waals surface area contributed by atoms with E-state index in [2.05, 4.69) is 0 Å². The topological polar surface area (TPSA) is 97.1 Å². The Hall–Kier alpha value is -2.90. The summed E-state index contributed by atoms with van der Waals surface area (Å²) in [7, 11) is 0. The summed E-state index contributed by atoms with van der Waals surface area (Å²) in [4.78, 5) is 23.2. The largest absolute Gasteiger partial charge is 0.491 e. The van der Waals surface area contributed by atoms with Crippen LogP contribution in [0.15, 0.2) is 42.5 Å². The van der Waals surface area contributed by atoms with Gasteiger partial charge in [-0.15, -0.1) is 0 Å². The van der Waals surface area contributed by atoms with Crippen LogP contribution >= 0.6 is 0 Å². The predicted molar refractivity (Wildman–Crippen MR) is 109 cm³/mol. The second kappa shape index (κ2) is 11.2. The molecule has 0 saturated heterocycles. The molecule has 2 aromatic carbocycles. The summed E-state index contributed by atoms with van der Waals surface area (Å²) in [6.45, 7) is 7.34. The minimum Gasteiger partial charge on any atom is -0.491 e. The van der Waals surface area contributed by atoms with Gasteiger partial charge in [-0.3, -0.25) is 9.59 Å². The van der Waals surface area contributed by atoms with E-state index < -0.39 is 5.91 Å². The minimum absolute atomic E-state index is 0.172. The fourth-order valence-corrected chi connectivity index (χ4v) is 2.45. The van der Waals surface area contributed by atoms with Gasteiger partial charge in [0.1, 0.15) is 23.9 Å². The number of hydrogen-bond donors (Lipinski definition) is 1. The number of rotatable bonds is 12. The Balaban J connectivity index is 1.88. The van der Waals surface area contributed by atoms with Crippen molar-refractivity contribution in [3.63, 3.8) is 0 Å². The summed E-state index contributed by atoms with van der Waals surface area (Å²) in [5.41, 5.74) is 5.94. The van der Waals surface area contributed by atoms with Gasteiger partial charge in [-0.1, -0.05) is 0 Å². The minimum atomic E-state index is -0.591. The number of Topliss-reactive ketones (excluding diaryl/α,β-unsaturated/α-hetero) is 1. The average molecular weight is 401 g/mol. The van der Waals surface area contributed by atoms with Gasteiger partial charge in [-0.2, -0.15) is 0 Å². The number of benzene rings is 2. The van der Waals surface area contributed by atoms with Crippen molar-refractivity contribution in [1.29, 1.82) is 0 Å². The van der Waals surface area contributed by atoms with Gasteiger partial charge in [0, 0.05) is 5.56 Å². The normalized spacial score (nSPS) is 10.8. The van der Waals surface area contributed by atoms with E-state index in [-0.39, 0.29) is 23.2 Å². The number of ether oxygens (including phenoxy) is 4. The maximum absolute atomic E-state index is 11.8. The Labute approximate surface area is 170 Å². The highest BCUT2D eigenvalue weighted by Gasteiger charge is 2.13. The van der Waals surface area contributed by atoms with E-state index in [1.54, 1.807) is 24.3 Å². The molecule has 0 unspecified atom stereocenters. The average Bonchev–Trinajstić information content (AvgIpc) is 2.68. The van der Waals surface area contributed by atoms with E-state index in [1.807, 2.05) is 13.8 Å². The SMILES string of the molecule is CC(=O)c1ccc(C(N)=O)cc1Oc1ccc(OCCOCCOC(C)C)cc1. The molecule has 0 saturated carbocycles. The lowest BCUT2D eigenvalue weighted by molar-refractivity contribution is 0.0124. The Bertz CT molecular complexity index is 817. The van der Waals surface area contributed by atoms with Crippen molar-refractivity contribution in [1.82, 2.24) is 0 Å². The molecule has 0 bridgehead atoms. The lowest BCUT2D eigenvalue weighted by Gasteiger charge is -2.12. The van der Waals surface area contributed by atoms with Crippen molar-refractivity contribution in [2.45, 2.75) is 26.9 Å². The van der Waals surface area contributed by atoms with Gasteiger partial charge in [-0.05, 0) is 63.2 Å². The van der Waals surface area contributed by atoms with E-state index in [4.69, 9.17) is 24.7 Å². The molecule has 0 spiro atoms. The van der Waals surface area contributed by atoms with Gasteiger partial charge in [0.25, 0.3) is 0 Å². The fourth-order valence-electron chi connectivity index (χ4n) is 2.45. The number of amides is 1. The zero-order valence-corrected chi connectivity index (χ0v) is 17.0. The predicted octanol–water partition coefficient (Wildman–Crippen LogP) is 3.60. The van der Waals surface area contributed by atoms with Crippen LogP contribution in [0.25, 0.3) is 0 Å². The van der Waals surface area contributed by atoms with Crippen LogP contribution in [0.3, 0.4) is 0 Å². The molecule has 0 aromatic heterocycles. The Kier molecular flexibility index (Phi) is 8.64. The van der Waals surface area contributed by atoms with Crippen LogP contribution in [-0.2, 0) is 9.47 Å². The van der Waals surface area contributed by atoms with Crippen molar-refractivity contribution >= 4 is 11.7 Å². The lowest BCUT2D eigenvalue weighted by atomic mass is 10.1. The smallest absolute Gasteiger partial charge is 0.248 e. The van der Waals surface area contributed by atoms with Crippen molar-refractivity contribution in [3.8, 4) is 17.2 Å². The summed E-state index contributed by atoms with van der Waals surface area (Å²) in [5.74, 6) is 0.682. The summed E-state index contributed by atoms with van der Waals surface area (Å²) in [6, 6.07) is 11.4. The van der Waals surface area contributed by atoms with Crippen LogP contribution in [0.2, 0.25) is 0 Å². The van der Waals surface area contributed by atoms with E-state index in [9.17, 15) is 9.59 Å². The Morgan fingerprint density at radius 2 is 1.59 bits per heavy atom. The van der Waals surface area contributed by atoms with Gasteiger partial charge in [0.15, 0.2) is 5.78 Å². The zero-order chi connectivity index (χ0) is 21.2. The van der Waals surface area contributed by atoms with E-state index in [1.165, 1.54) is 25.1 Å². The Morgan fingerprint density at radius 1 is 0.931 bits per heavy atom. The van der Waals surface area contributed by atoms with E-state index >= 15 is 0 Å². The highest BCUT2D eigenvalue weighted by molar-refractivity contribution is 5.99. The first kappa shape index (κ1) is 22.4. The summed E-state index contributed by atoms with van der Waals surface area (Å²) < 4.78 is 22.2. The molecule has 0 aliphatic carbocycles. The molecule has 2 aromatic rings. The molecule has 2 rings (SSSR count). The second-order valence-electron chi connectivity index (χ2n) is 6.59. The van der Waals surface area contributed by atoms with Crippen LogP contribution in [-0.4, -0.2) is 44.2 Å². The first-order valence-corrected chi connectivity index (χ1v) is 9.41. The second-order valence-corrected chi connectivity index (χ2v) is 6.59. The number of hydrogen-bond acceptors (Lipinski definition) is 6. The molecule has 0 aliphatic rings. The van der Waals surface area contributed by atoms with Crippen molar-refractivity contribution < 1.29 is 28.5 Å². The molecule has 7 nitrogen and oxygen atoms in total. The molecule has 2 N–H and O–H groups in total. The molecule has 0 heterocycles. The van der Waals surface area contributed by atoms with Crippen LogP contribution in [0, 0.1) is 0 Å². The van der Waals surface area contributed by atoms with Crippen molar-refractivity contribution in [2.24, 2.45) is 5.73 Å². The van der Waals surface area contributed by atoms with Gasteiger partial charge in [0.05, 0.1) is 31.5 Å². The molecule has 1 amide bonds. The molecule has 7 heteroatoms. The van der Waals surface area contributed by atoms with E-state index in [0.29, 0.717) is 43.5 Å². The summed E-state index contributed by atoms with van der Waals surface area (Å²) >= 11 is 0. The number of nitrogens with two attached hydrogens (primary N) is 1. The third-order valence-corrected chi connectivity index (χ3v) is 3.87. The first-order valence-electron chi connectivity index (χ1n) is 9.41. The molecule has 0 radical (unpaired) electrons. The number of carbonyl (C=O) groups is 2. The van der Waals surface area contributed by atoms with E-state index in [0.717, 1.165) is 0 Å². The summed E-state index contributed by atoms with van der Waals surface area (Å²) in [5, 5.41) is 0. The summed E-state index contributed by atoms with van der Waals surface area (Å²) in [6.07, 6.45) is 0.195.